The van der Waals surface area contributed by atoms with Gasteiger partial charge in [0.1, 0.15) is 0 Å². The van der Waals surface area contributed by atoms with E-state index in [9.17, 15) is 4.79 Å². The van der Waals surface area contributed by atoms with E-state index in [-0.39, 0.29) is 5.56 Å². The molecule has 0 amide bonds. The van der Waals surface area contributed by atoms with Gasteiger partial charge in [0, 0.05) is 24.5 Å². The second-order valence-corrected chi connectivity index (χ2v) is 4.19. The smallest absolute Gasteiger partial charge is 0.255 e. The maximum absolute atomic E-state index is 12.0. The summed E-state index contributed by atoms with van der Waals surface area (Å²) in [6.07, 6.45) is 0. The minimum Gasteiger partial charge on any atom is -0.326 e. The van der Waals surface area contributed by atoms with Crippen LogP contribution in [0.2, 0.25) is 0 Å². The molecule has 0 unspecified atom stereocenters. The predicted molar refractivity (Wildman–Crippen MR) is 66.6 cm³/mol. The van der Waals surface area contributed by atoms with Crippen molar-refractivity contribution in [2.24, 2.45) is 12.8 Å². The number of benzene rings is 1. The molecule has 0 bridgehead atoms. The maximum Gasteiger partial charge on any atom is 0.255 e. The van der Waals surface area contributed by atoms with Gasteiger partial charge in [-0.25, -0.2) is 0 Å². The molecule has 0 aliphatic heterocycles. The van der Waals surface area contributed by atoms with Crippen LogP contribution in [0.5, 0.6) is 0 Å². The van der Waals surface area contributed by atoms with Gasteiger partial charge in [-0.15, -0.1) is 0 Å². The zero-order valence-corrected chi connectivity index (χ0v) is 9.87. The van der Waals surface area contributed by atoms with Crippen LogP contribution >= 0.6 is 0 Å². The van der Waals surface area contributed by atoms with Gasteiger partial charge in [-0.2, -0.15) is 0 Å². The standard InChI is InChI=1S/C13H16N2O/c1-8-4-5-12-10(6-8)9(2)11(7-14)13(16)15(12)3/h4-6H,7,14H2,1-3H3. The summed E-state index contributed by atoms with van der Waals surface area (Å²) in [5.74, 6) is 0. The highest BCUT2D eigenvalue weighted by atomic mass is 16.1. The molecule has 84 valence electrons. The Bertz CT molecular complexity index is 611. The van der Waals surface area contributed by atoms with Gasteiger partial charge in [0.25, 0.3) is 5.56 Å². The van der Waals surface area contributed by atoms with Gasteiger partial charge < -0.3 is 10.3 Å². The van der Waals surface area contributed by atoms with E-state index in [2.05, 4.69) is 6.07 Å². The zero-order valence-electron chi connectivity index (χ0n) is 9.87. The number of nitrogens with two attached hydrogens (primary N) is 1. The molecule has 1 aromatic heterocycles. The molecule has 3 heteroatoms. The van der Waals surface area contributed by atoms with Crippen LogP contribution in [-0.4, -0.2) is 4.57 Å². The molecule has 2 aromatic rings. The Hall–Kier alpha value is -1.61. The molecular formula is C13H16N2O. The van der Waals surface area contributed by atoms with Gasteiger partial charge in [-0.1, -0.05) is 11.6 Å². The van der Waals surface area contributed by atoms with Gasteiger partial charge >= 0.3 is 0 Å². The highest BCUT2D eigenvalue weighted by molar-refractivity contribution is 5.84. The van der Waals surface area contributed by atoms with E-state index in [1.165, 1.54) is 5.56 Å². The topological polar surface area (TPSA) is 48.0 Å². The number of fused-ring (bicyclic) bond motifs is 1. The summed E-state index contributed by atoms with van der Waals surface area (Å²) in [4.78, 5) is 12.0. The monoisotopic (exact) mass is 216 g/mol. The van der Waals surface area contributed by atoms with Crippen molar-refractivity contribution in [3.63, 3.8) is 0 Å². The fourth-order valence-electron chi connectivity index (χ4n) is 2.12. The lowest BCUT2D eigenvalue weighted by Crippen LogP contribution is -2.25. The van der Waals surface area contributed by atoms with E-state index in [0.29, 0.717) is 12.1 Å². The number of nitrogens with zero attached hydrogens (tertiary/aromatic N) is 1. The van der Waals surface area contributed by atoms with E-state index in [1.807, 2.05) is 26.0 Å². The van der Waals surface area contributed by atoms with Gasteiger partial charge in [0.2, 0.25) is 0 Å². The quantitative estimate of drug-likeness (QED) is 0.787. The van der Waals surface area contributed by atoms with Crippen molar-refractivity contribution >= 4 is 10.9 Å². The third kappa shape index (κ3) is 1.44. The fourth-order valence-corrected chi connectivity index (χ4v) is 2.12. The summed E-state index contributed by atoms with van der Waals surface area (Å²) in [5.41, 5.74) is 9.51. The number of rotatable bonds is 1. The first-order valence-corrected chi connectivity index (χ1v) is 5.35. The Labute approximate surface area is 94.5 Å². The van der Waals surface area contributed by atoms with E-state index in [0.717, 1.165) is 16.5 Å². The molecule has 3 nitrogen and oxygen atoms in total. The SMILES string of the molecule is Cc1ccc2c(c1)c(C)c(CN)c(=O)n2C. The number of hydrogen-bond donors (Lipinski definition) is 1. The molecule has 2 N–H and O–H groups in total. The number of aromatic nitrogens is 1. The van der Waals surface area contributed by atoms with Crippen LogP contribution in [0.1, 0.15) is 16.7 Å². The molecule has 0 aliphatic rings. The molecule has 1 aromatic carbocycles. The van der Waals surface area contributed by atoms with E-state index < -0.39 is 0 Å². The Morgan fingerprint density at radius 2 is 2.00 bits per heavy atom. The van der Waals surface area contributed by atoms with Crippen LogP contribution in [0.4, 0.5) is 0 Å². The van der Waals surface area contributed by atoms with Crippen LogP contribution in [-0.2, 0) is 13.6 Å². The Kier molecular flexibility index (Phi) is 2.56. The molecule has 0 radical (unpaired) electrons. The second-order valence-electron chi connectivity index (χ2n) is 4.19. The minimum atomic E-state index is 0.0105. The van der Waals surface area contributed by atoms with Crippen molar-refractivity contribution in [3.05, 3.63) is 45.2 Å². The van der Waals surface area contributed by atoms with Gasteiger partial charge in [0.15, 0.2) is 0 Å². The molecule has 16 heavy (non-hydrogen) atoms. The van der Waals surface area contributed by atoms with Crippen molar-refractivity contribution in [3.8, 4) is 0 Å². The molecule has 0 saturated carbocycles. The average molecular weight is 216 g/mol. The first-order chi connectivity index (χ1) is 7.56. The zero-order chi connectivity index (χ0) is 11.9. The van der Waals surface area contributed by atoms with E-state index in [4.69, 9.17) is 5.73 Å². The fraction of sp³-hybridized carbons (Fsp3) is 0.308. The summed E-state index contributed by atoms with van der Waals surface area (Å²) in [6, 6.07) is 6.10. The second kappa shape index (κ2) is 3.76. The lowest BCUT2D eigenvalue weighted by Gasteiger charge is -2.12. The molecule has 1 heterocycles. The van der Waals surface area contributed by atoms with Crippen molar-refractivity contribution < 1.29 is 0 Å². The lowest BCUT2D eigenvalue weighted by atomic mass is 10.0. The van der Waals surface area contributed by atoms with Crippen LogP contribution < -0.4 is 11.3 Å². The summed E-state index contributed by atoms with van der Waals surface area (Å²) < 4.78 is 1.67. The van der Waals surface area contributed by atoms with Crippen LogP contribution in [0, 0.1) is 13.8 Å². The summed E-state index contributed by atoms with van der Waals surface area (Å²) >= 11 is 0. The van der Waals surface area contributed by atoms with Gasteiger partial charge in [-0.3, -0.25) is 4.79 Å². The maximum atomic E-state index is 12.0. The van der Waals surface area contributed by atoms with Crippen LogP contribution in [0.3, 0.4) is 0 Å². The first kappa shape index (κ1) is 10.9. The van der Waals surface area contributed by atoms with Gasteiger partial charge in [0.05, 0.1) is 5.52 Å². The van der Waals surface area contributed by atoms with Gasteiger partial charge in [-0.05, 0) is 31.5 Å². The molecular weight excluding hydrogens is 200 g/mol. The number of aryl methyl sites for hydroxylation is 3. The minimum absolute atomic E-state index is 0.0105. The Morgan fingerprint density at radius 3 is 2.62 bits per heavy atom. The molecule has 2 rings (SSSR count). The predicted octanol–water partition coefficient (Wildman–Crippen LogP) is 1.61. The van der Waals surface area contributed by atoms with Crippen LogP contribution in [0.15, 0.2) is 23.0 Å². The molecule has 0 saturated heterocycles. The molecule has 0 atom stereocenters. The van der Waals surface area contributed by atoms with Crippen molar-refractivity contribution in [1.29, 1.82) is 0 Å². The lowest BCUT2D eigenvalue weighted by molar-refractivity contribution is 0.862. The molecule has 0 fully saturated rings. The van der Waals surface area contributed by atoms with Crippen molar-refractivity contribution in [2.45, 2.75) is 20.4 Å². The Balaban J connectivity index is 3.02. The third-order valence-electron chi connectivity index (χ3n) is 3.14. The Morgan fingerprint density at radius 1 is 1.31 bits per heavy atom. The van der Waals surface area contributed by atoms with Crippen molar-refractivity contribution in [2.75, 3.05) is 0 Å². The average Bonchev–Trinajstić information content (AvgIpc) is 2.27. The first-order valence-electron chi connectivity index (χ1n) is 5.35. The van der Waals surface area contributed by atoms with Crippen molar-refractivity contribution in [1.82, 2.24) is 4.57 Å². The van der Waals surface area contributed by atoms with E-state index >= 15 is 0 Å². The highest BCUT2D eigenvalue weighted by Gasteiger charge is 2.10. The largest absolute Gasteiger partial charge is 0.326 e. The van der Waals surface area contributed by atoms with E-state index in [1.54, 1.807) is 11.6 Å². The normalized spacial score (nSPS) is 11.0. The number of hydrogen-bond acceptors (Lipinski definition) is 2. The summed E-state index contributed by atoms with van der Waals surface area (Å²) in [6.45, 7) is 4.31. The molecule has 0 spiro atoms. The number of pyridine rings is 1. The third-order valence-corrected chi connectivity index (χ3v) is 3.14. The summed E-state index contributed by atoms with van der Waals surface area (Å²) in [7, 11) is 1.79. The van der Waals surface area contributed by atoms with Crippen LogP contribution in [0.25, 0.3) is 10.9 Å². The summed E-state index contributed by atoms with van der Waals surface area (Å²) in [5, 5.41) is 1.11. The molecule has 0 aliphatic carbocycles. The highest BCUT2D eigenvalue weighted by Crippen LogP contribution is 2.19.